The molecule has 0 bridgehead atoms. The Bertz CT molecular complexity index is 512. The molecule has 0 aliphatic carbocycles. The number of hydrogen-bond donors (Lipinski definition) is 3. The first kappa shape index (κ1) is 14.9. The van der Waals surface area contributed by atoms with E-state index in [2.05, 4.69) is 4.72 Å². The lowest BCUT2D eigenvalue weighted by Gasteiger charge is -2.20. The molecule has 1 atom stereocenters. The summed E-state index contributed by atoms with van der Waals surface area (Å²) in [6.45, 7) is 5.11. The molecule has 0 aliphatic rings. The third-order valence-electron chi connectivity index (χ3n) is 2.92. The van der Waals surface area contributed by atoms with Crippen molar-refractivity contribution in [3.8, 4) is 0 Å². The SMILES string of the molecule is Cc1c(N)cccc1S(=O)(=O)N[C@H](CO)C(C)C. The van der Waals surface area contributed by atoms with Crippen molar-refractivity contribution in [3.63, 3.8) is 0 Å². The summed E-state index contributed by atoms with van der Waals surface area (Å²) in [7, 11) is -3.66. The van der Waals surface area contributed by atoms with Gasteiger partial charge in [0.1, 0.15) is 0 Å². The fourth-order valence-corrected chi connectivity index (χ4v) is 3.22. The number of nitrogens with two attached hydrogens (primary N) is 1. The number of benzene rings is 1. The highest BCUT2D eigenvalue weighted by atomic mass is 32.2. The summed E-state index contributed by atoms with van der Waals surface area (Å²) in [4.78, 5) is 0.154. The summed E-state index contributed by atoms with van der Waals surface area (Å²) in [6.07, 6.45) is 0. The van der Waals surface area contributed by atoms with E-state index in [0.717, 1.165) is 0 Å². The monoisotopic (exact) mass is 272 g/mol. The molecule has 1 rings (SSSR count). The van der Waals surface area contributed by atoms with Gasteiger partial charge in [0.25, 0.3) is 0 Å². The average Bonchev–Trinajstić information content (AvgIpc) is 2.29. The predicted octanol–water partition coefficient (Wildman–Crippen LogP) is 0.872. The van der Waals surface area contributed by atoms with Crippen LogP contribution in [-0.2, 0) is 10.0 Å². The number of sulfonamides is 1. The standard InChI is InChI=1S/C12H20N2O3S/c1-8(2)11(7-15)14-18(16,17)12-6-4-5-10(13)9(12)3/h4-6,8,11,14-15H,7,13H2,1-3H3/t11-/m1/s1. The molecule has 5 nitrogen and oxygen atoms in total. The summed E-state index contributed by atoms with van der Waals surface area (Å²) >= 11 is 0. The number of nitrogen functional groups attached to an aromatic ring is 1. The minimum Gasteiger partial charge on any atom is -0.398 e. The van der Waals surface area contributed by atoms with Crippen LogP contribution >= 0.6 is 0 Å². The topological polar surface area (TPSA) is 92.4 Å². The molecule has 0 fully saturated rings. The molecule has 0 aliphatic heterocycles. The van der Waals surface area contributed by atoms with Crippen LogP contribution in [0.3, 0.4) is 0 Å². The van der Waals surface area contributed by atoms with Gasteiger partial charge in [-0.05, 0) is 30.5 Å². The maximum Gasteiger partial charge on any atom is 0.241 e. The van der Waals surface area contributed by atoms with Crippen molar-refractivity contribution in [1.82, 2.24) is 4.72 Å². The number of anilines is 1. The van der Waals surface area contributed by atoms with Crippen molar-refractivity contribution in [2.75, 3.05) is 12.3 Å². The number of rotatable bonds is 5. The summed E-state index contributed by atoms with van der Waals surface area (Å²) < 4.78 is 26.9. The van der Waals surface area contributed by atoms with Crippen LogP contribution in [0, 0.1) is 12.8 Å². The molecule has 0 amide bonds. The molecule has 0 saturated carbocycles. The van der Waals surface area contributed by atoms with Crippen LogP contribution in [0.4, 0.5) is 5.69 Å². The van der Waals surface area contributed by atoms with Crippen LogP contribution in [0.1, 0.15) is 19.4 Å². The third kappa shape index (κ3) is 3.22. The lowest BCUT2D eigenvalue weighted by molar-refractivity contribution is 0.227. The minimum atomic E-state index is -3.66. The molecule has 0 heterocycles. The van der Waals surface area contributed by atoms with Gasteiger partial charge in [-0.15, -0.1) is 0 Å². The highest BCUT2D eigenvalue weighted by molar-refractivity contribution is 7.89. The van der Waals surface area contributed by atoms with Crippen LogP contribution in [0.5, 0.6) is 0 Å². The Balaban J connectivity index is 3.11. The molecule has 4 N–H and O–H groups in total. The van der Waals surface area contributed by atoms with Gasteiger partial charge in [0.05, 0.1) is 11.5 Å². The van der Waals surface area contributed by atoms with Crippen molar-refractivity contribution in [3.05, 3.63) is 23.8 Å². The van der Waals surface area contributed by atoms with Gasteiger partial charge in [0.15, 0.2) is 0 Å². The number of nitrogens with one attached hydrogen (secondary N) is 1. The van der Waals surface area contributed by atoms with E-state index in [4.69, 9.17) is 5.73 Å². The van der Waals surface area contributed by atoms with Crippen molar-refractivity contribution >= 4 is 15.7 Å². The van der Waals surface area contributed by atoms with Gasteiger partial charge in [-0.2, -0.15) is 0 Å². The molecule has 18 heavy (non-hydrogen) atoms. The van der Waals surface area contributed by atoms with Crippen LogP contribution < -0.4 is 10.5 Å². The molecule has 0 saturated heterocycles. The van der Waals surface area contributed by atoms with Crippen molar-refractivity contribution in [2.24, 2.45) is 5.92 Å². The molecule has 0 radical (unpaired) electrons. The van der Waals surface area contributed by atoms with Crippen LogP contribution in [0.15, 0.2) is 23.1 Å². The quantitative estimate of drug-likeness (QED) is 0.694. The number of hydrogen-bond acceptors (Lipinski definition) is 4. The van der Waals surface area contributed by atoms with E-state index in [1.54, 1.807) is 19.1 Å². The molecule has 1 aromatic rings. The normalized spacial score (nSPS) is 13.8. The number of aliphatic hydroxyl groups is 1. The molecule has 1 aromatic carbocycles. The van der Waals surface area contributed by atoms with Gasteiger partial charge in [-0.3, -0.25) is 0 Å². The Morgan fingerprint density at radius 3 is 2.50 bits per heavy atom. The zero-order valence-corrected chi connectivity index (χ0v) is 11.7. The Hall–Kier alpha value is -1.11. The van der Waals surface area contributed by atoms with Crippen LogP contribution in [0.2, 0.25) is 0 Å². The first-order chi connectivity index (χ1) is 8.29. The van der Waals surface area contributed by atoms with E-state index in [1.165, 1.54) is 6.07 Å². The first-order valence-electron chi connectivity index (χ1n) is 5.78. The third-order valence-corrected chi connectivity index (χ3v) is 4.56. The van der Waals surface area contributed by atoms with Gasteiger partial charge in [0.2, 0.25) is 10.0 Å². The van der Waals surface area contributed by atoms with Crippen LogP contribution in [-0.4, -0.2) is 26.2 Å². The molecular formula is C12H20N2O3S. The summed E-state index contributed by atoms with van der Waals surface area (Å²) in [5.41, 5.74) is 6.65. The molecule has 102 valence electrons. The van der Waals surface area contributed by atoms with Crippen molar-refractivity contribution in [1.29, 1.82) is 0 Å². The molecule has 0 spiro atoms. The summed E-state index contributed by atoms with van der Waals surface area (Å²) in [5.74, 6) is 0.00569. The molecule has 0 aromatic heterocycles. The second-order valence-electron chi connectivity index (χ2n) is 4.62. The Kier molecular flexibility index (Phi) is 4.72. The maximum atomic E-state index is 12.2. The Morgan fingerprint density at radius 1 is 1.39 bits per heavy atom. The molecule has 6 heteroatoms. The average molecular weight is 272 g/mol. The van der Waals surface area contributed by atoms with E-state index in [0.29, 0.717) is 11.3 Å². The van der Waals surface area contributed by atoms with Gasteiger partial charge in [-0.1, -0.05) is 19.9 Å². The van der Waals surface area contributed by atoms with Gasteiger partial charge >= 0.3 is 0 Å². The number of aliphatic hydroxyl groups excluding tert-OH is 1. The van der Waals surface area contributed by atoms with E-state index < -0.39 is 16.1 Å². The predicted molar refractivity (Wildman–Crippen MR) is 71.6 cm³/mol. The molecular weight excluding hydrogens is 252 g/mol. The lowest BCUT2D eigenvalue weighted by Crippen LogP contribution is -2.41. The van der Waals surface area contributed by atoms with E-state index in [1.807, 2.05) is 13.8 Å². The maximum absolute atomic E-state index is 12.2. The second-order valence-corrected chi connectivity index (χ2v) is 6.31. The fraction of sp³-hybridized carbons (Fsp3) is 0.500. The van der Waals surface area contributed by atoms with E-state index in [-0.39, 0.29) is 17.4 Å². The summed E-state index contributed by atoms with van der Waals surface area (Å²) in [5, 5.41) is 9.18. The first-order valence-corrected chi connectivity index (χ1v) is 7.26. The van der Waals surface area contributed by atoms with Gasteiger partial charge < -0.3 is 10.8 Å². The van der Waals surface area contributed by atoms with Crippen molar-refractivity contribution < 1.29 is 13.5 Å². The van der Waals surface area contributed by atoms with Crippen molar-refractivity contribution in [2.45, 2.75) is 31.7 Å². The summed E-state index contributed by atoms with van der Waals surface area (Å²) in [6, 6.07) is 4.25. The van der Waals surface area contributed by atoms with Gasteiger partial charge in [0, 0.05) is 11.7 Å². The minimum absolute atomic E-state index is 0.00569. The van der Waals surface area contributed by atoms with Crippen LogP contribution in [0.25, 0.3) is 0 Å². The van der Waals surface area contributed by atoms with E-state index in [9.17, 15) is 13.5 Å². The fourth-order valence-electron chi connectivity index (χ4n) is 1.57. The Labute approximate surface area is 108 Å². The second kappa shape index (κ2) is 5.69. The zero-order chi connectivity index (χ0) is 13.9. The van der Waals surface area contributed by atoms with Gasteiger partial charge in [-0.25, -0.2) is 13.1 Å². The highest BCUT2D eigenvalue weighted by Crippen LogP contribution is 2.21. The molecule has 0 unspecified atom stereocenters. The largest absolute Gasteiger partial charge is 0.398 e. The smallest absolute Gasteiger partial charge is 0.241 e. The Morgan fingerprint density at radius 2 is 2.00 bits per heavy atom. The highest BCUT2D eigenvalue weighted by Gasteiger charge is 2.23. The van der Waals surface area contributed by atoms with E-state index >= 15 is 0 Å². The lowest BCUT2D eigenvalue weighted by atomic mass is 10.1. The zero-order valence-electron chi connectivity index (χ0n) is 10.8.